The summed E-state index contributed by atoms with van der Waals surface area (Å²) in [6.07, 6.45) is 15.5. The molecule has 2 N–H and O–H groups in total. The Morgan fingerprint density at radius 1 is 1.32 bits per heavy atom. The lowest BCUT2D eigenvalue weighted by Gasteiger charge is -2.26. The summed E-state index contributed by atoms with van der Waals surface area (Å²) >= 11 is 0. The number of allylic oxidation sites excluding steroid dienone is 1. The van der Waals surface area contributed by atoms with Gasteiger partial charge in [-0.3, -0.25) is 4.79 Å². The van der Waals surface area contributed by atoms with Crippen LogP contribution in [0.3, 0.4) is 0 Å². The van der Waals surface area contributed by atoms with Gasteiger partial charge in [-0.15, -0.1) is 0 Å². The molecule has 0 spiro atoms. The van der Waals surface area contributed by atoms with E-state index in [1.165, 1.54) is 12.0 Å². The van der Waals surface area contributed by atoms with Gasteiger partial charge in [0.05, 0.1) is 31.3 Å². The number of piperidine rings is 1. The summed E-state index contributed by atoms with van der Waals surface area (Å²) < 4.78 is 5.84. The van der Waals surface area contributed by atoms with Crippen LogP contribution in [-0.4, -0.2) is 59.0 Å². The first-order valence-electron chi connectivity index (χ1n) is 12.5. The average molecular weight is 434 g/mol. The Morgan fingerprint density at radius 3 is 2.84 bits per heavy atom. The molecule has 1 aliphatic heterocycles. The summed E-state index contributed by atoms with van der Waals surface area (Å²) in [5.41, 5.74) is 0.647. The number of carbonyl (C=O) groups is 1. The first kappa shape index (κ1) is 24.5. The molecule has 1 heterocycles. The molecule has 2 aliphatic carbocycles. The van der Waals surface area contributed by atoms with E-state index in [2.05, 4.69) is 25.2 Å². The molecule has 5 heteroatoms. The molecule has 31 heavy (non-hydrogen) atoms. The Bertz CT molecular complexity index is 635. The summed E-state index contributed by atoms with van der Waals surface area (Å²) in [6, 6.07) is 0. The SMILES string of the molecule is CCCC[C@](C)(O)C/C=C/[C@@H]1[C@H]2CC(COCCC(=O)N3CCCCC3)=C[C@H]2C[C@H]1O. The number of unbranched alkanes of at least 4 members (excludes halogenated alkanes) is 1. The van der Waals surface area contributed by atoms with Gasteiger partial charge >= 0.3 is 0 Å². The van der Waals surface area contributed by atoms with Gasteiger partial charge in [0, 0.05) is 19.0 Å². The normalized spacial score (nSPS) is 30.5. The lowest BCUT2D eigenvalue weighted by molar-refractivity contribution is -0.133. The second kappa shape index (κ2) is 11.6. The third kappa shape index (κ3) is 7.16. The highest BCUT2D eigenvalue weighted by molar-refractivity contribution is 5.76. The maximum atomic E-state index is 12.2. The fourth-order valence-corrected chi connectivity index (χ4v) is 5.52. The molecular formula is C26H43NO4. The monoisotopic (exact) mass is 433 g/mol. The van der Waals surface area contributed by atoms with E-state index < -0.39 is 5.60 Å². The minimum atomic E-state index is -0.659. The molecule has 3 aliphatic rings. The van der Waals surface area contributed by atoms with Crippen LogP contribution in [0.15, 0.2) is 23.8 Å². The molecule has 0 aromatic rings. The van der Waals surface area contributed by atoms with Gasteiger partial charge in [0.15, 0.2) is 0 Å². The fraction of sp³-hybridized carbons (Fsp3) is 0.808. The van der Waals surface area contributed by atoms with E-state index >= 15 is 0 Å². The number of aliphatic hydroxyl groups excluding tert-OH is 1. The third-order valence-electron chi connectivity index (χ3n) is 7.39. The third-order valence-corrected chi connectivity index (χ3v) is 7.39. The van der Waals surface area contributed by atoms with Crippen molar-refractivity contribution in [2.45, 2.75) is 89.8 Å². The topological polar surface area (TPSA) is 70.0 Å². The Hall–Kier alpha value is -1.17. The summed E-state index contributed by atoms with van der Waals surface area (Å²) in [4.78, 5) is 14.2. The second-order valence-electron chi connectivity index (χ2n) is 10.2. The molecular weight excluding hydrogens is 390 g/mol. The molecule has 0 unspecified atom stereocenters. The molecule has 0 bridgehead atoms. The molecule has 5 nitrogen and oxygen atoms in total. The molecule has 5 atom stereocenters. The second-order valence-corrected chi connectivity index (χ2v) is 10.2. The summed E-state index contributed by atoms with van der Waals surface area (Å²) in [6.45, 7) is 6.93. The Morgan fingerprint density at radius 2 is 2.10 bits per heavy atom. The molecule has 1 saturated heterocycles. The number of rotatable bonds is 11. The Labute approximate surface area is 188 Å². The van der Waals surface area contributed by atoms with Crippen LogP contribution >= 0.6 is 0 Å². The van der Waals surface area contributed by atoms with Gasteiger partial charge in [0.2, 0.25) is 5.91 Å². The van der Waals surface area contributed by atoms with Crippen LogP contribution in [0.2, 0.25) is 0 Å². The predicted molar refractivity (Wildman–Crippen MR) is 124 cm³/mol. The number of fused-ring (bicyclic) bond motifs is 1. The number of aliphatic hydroxyl groups is 2. The van der Waals surface area contributed by atoms with E-state index in [0.29, 0.717) is 37.9 Å². The highest BCUT2D eigenvalue weighted by atomic mass is 16.5. The van der Waals surface area contributed by atoms with E-state index in [4.69, 9.17) is 4.74 Å². The highest BCUT2D eigenvalue weighted by Crippen LogP contribution is 2.47. The predicted octanol–water partition coefficient (Wildman–Crippen LogP) is 4.24. The van der Waals surface area contributed by atoms with Crippen LogP contribution in [0.1, 0.15) is 78.1 Å². The average Bonchev–Trinajstić information content (AvgIpc) is 3.27. The molecule has 1 amide bonds. The number of hydrogen-bond acceptors (Lipinski definition) is 4. The first-order valence-corrected chi connectivity index (χ1v) is 12.5. The smallest absolute Gasteiger partial charge is 0.224 e. The van der Waals surface area contributed by atoms with Crippen molar-refractivity contribution in [2.24, 2.45) is 17.8 Å². The number of amides is 1. The number of nitrogens with zero attached hydrogens (tertiary/aromatic N) is 1. The number of ether oxygens (including phenoxy) is 1. The maximum Gasteiger partial charge on any atom is 0.224 e. The number of carbonyl (C=O) groups excluding carboxylic acids is 1. The van der Waals surface area contributed by atoms with Crippen LogP contribution < -0.4 is 0 Å². The number of likely N-dealkylation sites (tertiary alicyclic amines) is 1. The van der Waals surface area contributed by atoms with Crippen molar-refractivity contribution in [3.8, 4) is 0 Å². The van der Waals surface area contributed by atoms with Crippen LogP contribution in [0.4, 0.5) is 0 Å². The minimum absolute atomic E-state index is 0.154. The molecule has 0 aromatic heterocycles. The number of hydrogen-bond donors (Lipinski definition) is 2. The molecule has 1 saturated carbocycles. The van der Waals surface area contributed by atoms with Crippen LogP contribution in [0.25, 0.3) is 0 Å². The van der Waals surface area contributed by atoms with Gasteiger partial charge in [-0.2, -0.15) is 0 Å². The van der Waals surface area contributed by atoms with E-state index in [1.54, 1.807) is 0 Å². The molecule has 2 fully saturated rings. The van der Waals surface area contributed by atoms with Crippen molar-refractivity contribution in [3.63, 3.8) is 0 Å². The van der Waals surface area contributed by atoms with Gasteiger partial charge in [-0.25, -0.2) is 0 Å². The summed E-state index contributed by atoms with van der Waals surface area (Å²) in [5.74, 6) is 1.22. The minimum Gasteiger partial charge on any atom is -0.392 e. The van der Waals surface area contributed by atoms with Crippen LogP contribution in [0, 0.1) is 17.8 Å². The largest absolute Gasteiger partial charge is 0.392 e. The summed E-state index contributed by atoms with van der Waals surface area (Å²) in [5, 5.41) is 21.0. The van der Waals surface area contributed by atoms with Crippen LogP contribution in [-0.2, 0) is 9.53 Å². The zero-order valence-corrected chi connectivity index (χ0v) is 19.6. The highest BCUT2D eigenvalue weighted by Gasteiger charge is 2.43. The lowest BCUT2D eigenvalue weighted by Crippen LogP contribution is -2.36. The Balaban J connectivity index is 1.39. The van der Waals surface area contributed by atoms with E-state index in [9.17, 15) is 15.0 Å². The van der Waals surface area contributed by atoms with E-state index in [0.717, 1.165) is 58.0 Å². The Kier molecular flexibility index (Phi) is 9.18. The quantitative estimate of drug-likeness (QED) is 0.378. The maximum absolute atomic E-state index is 12.2. The van der Waals surface area contributed by atoms with Crippen molar-refractivity contribution in [1.29, 1.82) is 0 Å². The first-order chi connectivity index (χ1) is 14.9. The molecule has 176 valence electrons. The van der Waals surface area contributed by atoms with Crippen molar-refractivity contribution < 1.29 is 19.7 Å². The molecule has 0 radical (unpaired) electrons. The fourth-order valence-electron chi connectivity index (χ4n) is 5.52. The van der Waals surface area contributed by atoms with Crippen molar-refractivity contribution in [1.82, 2.24) is 4.90 Å². The van der Waals surface area contributed by atoms with Gasteiger partial charge in [0.1, 0.15) is 0 Å². The lowest BCUT2D eigenvalue weighted by atomic mass is 9.88. The van der Waals surface area contributed by atoms with Gasteiger partial charge in [-0.05, 0) is 69.3 Å². The molecule has 0 aromatic carbocycles. The summed E-state index contributed by atoms with van der Waals surface area (Å²) in [7, 11) is 0. The van der Waals surface area contributed by atoms with Crippen molar-refractivity contribution in [2.75, 3.05) is 26.3 Å². The van der Waals surface area contributed by atoms with Crippen LogP contribution in [0.5, 0.6) is 0 Å². The van der Waals surface area contributed by atoms with Gasteiger partial charge in [0.25, 0.3) is 0 Å². The van der Waals surface area contributed by atoms with Gasteiger partial charge < -0.3 is 19.8 Å². The standard InChI is InChI=1S/C26H43NO4/c1-3-4-11-26(2,30)12-8-9-22-23-17-20(16-21(23)18-24(22)28)19-31-15-10-25(29)27-13-6-5-7-14-27/h8-9,16,21-24,28,30H,3-7,10-15,17-19H2,1-2H3/b9-8+/t21-,22+,23-,24+,26-/m0/s1. The molecule has 3 rings (SSSR count). The van der Waals surface area contributed by atoms with E-state index in [1.807, 2.05) is 11.8 Å². The van der Waals surface area contributed by atoms with Crippen molar-refractivity contribution in [3.05, 3.63) is 23.8 Å². The van der Waals surface area contributed by atoms with Crippen molar-refractivity contribution >= 4 is 5.91 Å². The van der Waals surface area contributed by atoms with Gasteiger partial charge in [-0.1, -0.05) is 38.0 Å². The zero-order valence-electron chi connectivity index (χ0n) is 19.6. The zero-order chi connectivity index (χ0) is 22.3. The van der Waals surface area contributed by atoms with E-state index in [-0.39, 0.29) is 17.9 Å².